The lowest BCUT2D eigenvalue weighted by molar-refractivity contribution is -0.0687. The predicted octanol–water partition coefficient (Wildman–Crippen LogP) is 2.76. The highest BCUT2D eigenvalue weighted by Crippen LogP contribution is 2.37. The van der Waals surface area contributed by atoms with Crippen molar-refractivity contribution >= 4 is 16.9 Å². The van der Waals surface area contributed by atoms with E-state index in [9.17, 15) is 0 Å². The summed E-state index contributed by atoms with van der Waals surface area (Å²) in [5.74, 6) is 0.570. The van der Waals surface area contributed by atoms with Crippen molar-refractivity contribution in [3.63, 3.8) is 0 Å². The Morgan fingerprint density at radius 2 is 2.10 bits per heavy atom. The van der Waals surface area contributed by atoms with E-state index in [1.165, 1.54) is 11.3 Å². The van der Waals surface area contributed by atoms with E-state index in [0.29, 0.717) is 11.9 Å². The average Bonchev–Trinajstić information content (AvgIpc) is 2.62. The third-order valence-electron chi connectivity index (χ3n) is 4.40. The smallest absolute Gasteiger partial charge is 0.146 e. The highest BCUT2D eigenvalue weighted by Gasteiger charge is 2.32. The number of aryl methyl sites for hydroxylation is 1. The molecule has 1 fully saturated rings. The molecule has 0 bridgehead atoms. The minimum absolute atomic E-state index is 0.0849. The van der Waals surface area contributed by atoms with E-state index in [1.807, 2.05) is 0 Å². The molecular formula is C15H22N4O. The first-order chi connectivity index (χ1) is 9.41. The molecule has 0 aromatic carbocycles. The van der Waals surface area contributed by atoms with Crippen molar-refractivity contribution in [1.82, 2.24) is 14.5 Å². The Hall–Kier alpha value is -1.62. The molecule has 108 valence electrons. The van der Waals surface area contributed by atoms with Crippen LogP contribution < -0.4 is 5.73 Å². The highest BCUT2D eigenvalue weighted by molar-refractivity contribution is 5.90. The van der Waals surface area contributed by atoms with Crippen molar-refractivity contribution in [3.8, 4) is 0 Å². The summed E-state index contributed by atoms with van der Waals surface area (Å²) < 4.78 is 8.16. The standard InChI is InChI=1S/C15H22N4O/c1-9-10(2)19(11-5-6-20-15(3,4)7-11)14-12(9)13(16)17-8-18-14/h8,11H,5-7H2,1-4H3,(H2,16,17,18). The largest absolute Gasteiger partial charge is 0.383 e. The molecule has 1 atom stereocenters. The fourth-order valence-corrected chi connectivity index (χ4v) is 3.32. The number of ether oxygens (including phenoxy) is 1. The van der Waals surface area contributed by atoms with E-state index in [4.69, 9.17) is 10.5 Å². The summed E-state index contributed by atoms with van der Waals surface area (Å²) in [6.45, 7) is 9.32. The minimum Gasteiger partial charge on any atom is -0.383 e. The van der Waals surface area contributed by atoms with E-state index >= 15 is 0 Å². The molecule has 0 saturated carbocycles. The number of nitrogens with zero attached hydrogens (tertiary/aromatic N) is 3. The van der Waals surface area contributed by atoms with Gasteiger partial charge in [-0.25, -0.2) is 9.97 Å². The van der Waals surface area contributed by atoms with Crippen LogP contribution in [0.1, 0.15) is 44.0 Å². The Bertz CT molecular complexity index is 659. The zero-order chi connectivity index (χ0) is 14.5. The van der Waals surface area contributed by atoms with Gasteiger partial charge in [0.2, 0.25) is 0 Å². The number of fused-ring (bicyclic) bond motifs is 1. The van der Waals surface area contributed by atoms with Gasteiger partial charge in [-0.1, -0.05) is 0 Å². The number of hydrogen-bond donors (Lipinski definition) is 1. The molecule has 0 amide bonds. The van der Waals surface area contributed by atoms with Gasteiger partial charge in [0.1, 0.15) is 17.8 Å². The highest BCUT2D eigenvalue weighted by atomic mass is 16.5. The number of anilines is 1. The Labute approximate surface area is 119 Å². The van der Waals surface area contributed by atoms with Crippen LogP contribution in [0, 0.1) is 13.8 Å². The van der Waals surface area contributed by atoms with E-state index in [2.05, 4.69) is 42.2 Å². The predicted molar refractivity (Wildman–Crippen MR) is 79.7 cm³/mol. The molecule has 3 heterocycles. The number of nitrogens with two attached hydrogens (primary N) is 1. The fraction of sp³-hybridized carbons (Fsp3) is 0.600. The molecule has 0 aliphatic carbocycles. The Balaban J connectivity index is 2.17. The Kier molecular flexibility index (Phi) is 2.97. The van der Waals surface area contributed by atoms with E-state index in [0.717, 1.165) is 30.5 Å². The third-order valence-corrected chi connectivity index (χ3v) is 4.40. The maximum Gasteiger partial charge on any atom is 0.146 e. The second-order valence-corrected chi connectivity index (χ2v) is 6.29. The van der Waals surface area contributed by atoms with Gasteiger partial charge in [-0.3, -0.25) is 0 Å². The molecule has 3 rings (SSSR count). The summed E-state index contributed by atoms with van der Waals surface area (Å²) >= 11 is 0. The van der Waals surface area contributed by atoms with Crippen LogP contribution in [0.25, 0.3) is 11.0 Å². The molecular weight excluding hydrogens is 252 g/mol. The van der Waals surface area contributed by atoms with Crippen molar-refractivity contribution in [2.75, 3.05) is 12.3 Å². The molecule has 5 heteroatoms. The second kappa shape index (κ2) is 4.45. The fourth-order valence-electron chi connectivity index (χ4n) is 3.32. The van der Waals surface area contributed by atoms with Crippen LogP contribution >= 0.6 is 0 Å². The molecule has 20 heavy (non-hydrogen) atoms. The van der Waals surface area contributed by atoms with Gasteiger partial charge in [0.15, 0.2) is 0 Å². The lowest BCUT2D eigenvalue weighted by Gasteiger charge is -2.37. The third kappa shape index (κ3) is 1.97. The number of rotatable bonds is 1. The first-order valence-electron chi connectivity index (χ1n) is 7.12. The van der Waals surface area contributed by atoms with Gasteiger partial charge in [0.25, 0.3) is 0 Å². The zero-order valence-electron chi connectivity index (χ0n) is 12.6. The molecule has 1 aliphatic rings. The maximum atomic E-state index is 6.03. The van der Waals surface area contributed by atoms with Crippen LogP contribution in [0.3, 0.4) is 0 Å². The monoisotopic (exact) mass is 274 g/mol. The van der Waals surface area contributed by atoms with Crippen LogP contribution in [0.2, 0.25) is 0 Å². The summed E-state index contributed by atoms with van der Waals surface area (Å²) in [4.78, 5) is 8.60. The van der Waals surface area contributed by atoms with Crippen molar-refractivity contribution in [2.24, 2.45) is 0 Å². The van der Waals surface area contributed by atoms with Crippen molar-refractivity contribution in [2.45, 2.75) is 52.2 Å². The zero-order valence-corrected chi connectivity index (χ0v) is 12.6. The summed E-state index contributed by atoms with van der Waals surface area (Å²) in [6, 6.07) is 0.407. The van der Waals surface area contributed by atoms with E-state index in [1.54, 1.807) is 6.33 Å². The molecule has 0 spiro atoms. The molecule has 1 aliphatic heterocycles. The van der Waals surface area contributed by atoms with Gasteiger partial charge in [-0.15, -0.1) is 0 Å². The molecule has 1 unspecified atom stereocenters. The van der Waals surface area contributed by atoms with Crippen LogP contribution in [-0.2, 0) is 4.74 Å². The molecule has 2 aromatic heterocycles. The van der Waals surface area contributed by atoms with Crippen LogP contribution in [0.5, 0.6) is 0 Å². The number of aromatic nitrogens is 3. The summed E-state index contributed by atoms with van der Waals surface area (Å²) in [6.07, 6.45) is 3.55. The average molecular weight is 274 g/mol. The van der Waals surface area contributed by atoms with Gasteiger partial charge < -0.3 is 15.0 Å². The lowest BCUT2D eigenvalue weighted by atomic mass is 9.93. The first-order valence-corrected chi connectivity index (χ1v) is 7.12. The number of nitrogen functional groups attached to an aromatic ring is 1. The molecule has 5 nitrogen and oxygen atoms in total. The summed E-state index contributed by atoms with van der Waals surface area (Å²) in [7, 11) is 0. The van der Waals surface area contributed by atoms with Crippen LogP contribution in [0.15, 0.2) is 6.33 Å². The van der Waals surface area contributed by atoms with Crippen molar-refractivity contribution in [3.05, 3.63) is 17.6 Å². The molecule has 2 N–H and O–H groups in total. The molecule has 1 saturated heterocycles. The lowest BCUT2D eigenvalue weighted by Crippen LogP contribution is -2.35. The summed E-state index contributed by atoms with van der Waals surface area (Å²) in [5.41, 5.74) is 9.32. The normalized spacial score (nSPS) is 22.3. The van der Waals surface area contributed by atoms with E-state index in [-0.39, 0.29) is 5.60 Å². The van der Waals surface area contributed by atoms with Gasteiger partial charge >= 0.3 is 0 Å². The van der Waals surface area contributed by atoms with Gasteiger partial charge in [-0.05, 0) is 46.1 Å². The molecule has 0 radical (unpaired) electrons. The van der Waals surface area contributed by atoms with Crippen LogP contribution in [-0.4, -0.2) is 26.7 Å². The number of hydrogen-bond acceptors (Lipinski definition) is 4. The summed E-state index contributed by atoms with van der Waals surface area (Å²) in [5, 5.41) is 0.995. The van der Waals surface area contributed by atoms with Crippen LogP contribution in [0.4, 0.5) is 5.82 Å². The molecule has 2 aromatic rings. The van der Waals surface area contributed by atoms with Gasteiger partial charge in [-0.2, -0.15) is 0 Å². The SMILES string of the molecule is Cc1c(C)n(C2CCOC(C)(C)C2)c2ncnc(N)c12. The van der Waals surface area contributed by atoms with Gasteiger partial charge in [0, 0.05) is 18.3 Å². The Morgan fingerprint density at radius 3 is 2.80 bits per heavy atom. The quantitative estimate of drug-likeness (QED) is 0.868. The van der Waals surface area contributed by atoms with Crippen molar-refractivity contribution in [1.29, 1.82) is 0 Å². The maximum absolute atomic E-state index is 6.03. The second-order valence-electron chi connectivity index (χ2n) is 6.29. The van der Waals surface area contributed by atoms with Gasteiger partial charge in [0.05, 0.1) is 11.0 Å². The Morgan fingerprint density at radius 1 is 1.35 bits per heavy atom. The van der Waals surface area contributed by atoms with Crippen molar-refractivity contribution < 1.29 is 4.74 Å². The minimum atomic E-state index is -0.0849. The van der Waals surface area contributed by atoms with E-state index < -0.39 is 0 Å². The first kappa shape index (κ1) is 13.4. The topological polar surface area (TPSA) is 66.0 Å².